The van der Waals surface area contributed by atoms with Crippen LogP contribution in [-0.2, 0) is 11.2 Å². The van der Waals surface area contributed by atoms with Crippen LogP contribution in [0, 0.1) is 19.7 Å². The number of carbonyl (C=O) groups excluding carboxylic acids is 1. The Labute approximate surface area is 130 Å². The van der Waals surface area contributed by atoms with Crippen LogP contribution in [0.15, 0.2) is 42.5 Å². The SMILES string of the molecule is Cc1ccc(C)c(NCC(=O)NCCc2ccccc2F)c1. The van der Waals surface area contributed by atoms with Gasteiger partial charge in [-0.15, -0.1) is 0 Å². The number of benzene rings is 2. The van der Waals surface area contributed by atoms with Gasteiger partial charge < -0.3 is 10.6 Å². The van der Waals surface area contributed by atoms with E-state index in [-0.39, 0.29) is 18.3 Å². The van der Waals surface area contributed by atoms with Gasteiger partial charge in [0.2, 0.25) is 5.91 Å². The second kappa shape index (κ2) is 7.59. The van der Waals surface area contributed by atoms with Crippen molar-refractivity contribution in [1.29, 1.82) is 0 Å². The number of amides is 1. The second-order valence-electron chi connectivity index (χ2n) is 5.36. The van der Waals surface area contributed by atoms with Crippen molar-refractivity contribution in [3.05, 3.63) is 65.0 Å². The van der Waals surface area contributed by atoms with Gasteiger partial charge in [0.05, 0.1) is 6.54 Å². The first kappa shape index (κ1) is 16.0. The minimum Gasteiger partial charge on any atom is -0.376 e. The van der Waals surface area contributed by atoms with E-state index in [1.54, 1.807) is 18.2 Å². The number of hydrogen-bond acceptors (Lipinski definition) is 2. The van der Waals surface area contributed by atoms with E-state index in [1.807, 2.05) is 32.0 Å². The lowest BCUT2D eigenvalue weighted by molar-refractivity contribution is -0.119. The number of rotatable bonds is 6. The van der Waals surface area contributed by atoms with Gasteiger partial charge in [0.25, 0.3) is 0 Å². The first-order valence-corrected chi connectivity index (χ1v) is 7.37. The van der Waals surface area contributed by atoms with Crippen LogP contribution in [0.25, 0.3) is 0 Å². The fraction of sp³-hybridized carbons (Fsp3) is 0.278. The smallest absolute Gasteiger partial charge is 0.239 e. The van der Waals surface area contributed by atoms with Gasteiger partial charge in [-0.2, -0.15) is 0 Å². The maximum atomic E-state index is 13.4. The average Bonchev–Trinajstić information content (AvgIpc) is 2.50. The summed E-state index contributed by atoms with van der Waals surface area (Å²) in [7, 11) is 0. The zero-order valence-electron chi connectivity index (χ0n) is 12.9. The average molecular weight is 300 g/mol. The maximum Gasteiger partial charge on any atom is 0.239 e. The summed E-state index contributed by atoms with van der Waals surface area (Å²) in [6.07, 6.45) is 0.488. The molecule has 0 saturated carbocycles. The lowest BCUT2D eigenvalue weighted by Crippen LogP contribution is -2.31. The molecular weight excluding hydrogens is 279 g/mol. The van der Waals surface area contributed by atoms with E-state index in [0.29, 0.717) is 18.5 Å². The second-order valence-corrected chi connectivity index (χ2v) is 5.36. The molecule has 0 aromatic heterocycles. The number of nitrogens with one attached hydrogen (secondary N) is 2. The van der Waals surface area contributed by atoms with Crippen LogP contribution in [0.1, 0.15) is 16.7 Å². The molecule has 0 fully saturated rings. The highest BCUT2D eigenvalue weighted by Gasteiger charge is 2.04. The molecule has 0 saturated heterocycles. The Bertz CT molecular complexity index is 655. The molecule has 0 radical (unpaired) electrons. The molecule has 0 atom stereocenters. The predicted molar refractivity (Wildman–Crippen MR) is 87.5 cm³/mol. The monoisotopic (exact) mass is 300 g/mol. The summed E-state index contributed by atoms with van der Waals surface area (Å²) in [5, 5.41) is 5.92. The molecule has 0 aliphatic carbocycles. The van der Waals surface area contributed by atoms with Crippen LogP contribution >= 0.6 is 0 Å². The zero-order valence-corrected chi connectivity index (χ0v) is 12.9. The molecule has 0 bridgehead atoms. The molecule has 4 heteroatoms. The van der Waals surface area contributed by atoms with E-state index in [1.165, 1.54) is 6.07 Å². The minimum absolute atomic E-state index is 0.0998. The molecule has 2 aromatic rings. The predicted octanol–water partition coefficient (Wildman–Crippen LogP) is 3.21. The van der Waals surface area contributed by atoms with Gasteiger partial charge in [-0.1, -0.05) is 30.3 Å². The van der Waals surface area contributed by atoms with Crippen molar-refractivity contribution in [2.45, 2.75) is 20.3 Å². The molecule has 0 aliphatic heterocycles. The van der Waals surface area contributed by atoms with Crippen LogP contribution in [0.2, 0.25) is 0 Å². The molecule has 0 spiro atoms. The van der Waals surface area contributed by atoms with E-state index in [9.17, 15) is 9.18 Å². The van der Waals surface area contributed by atoms with Crippen molar-refractivity contribution < 1.29 is 9.18 Å². The van der Waals surface area contributed by atoms with E-state index < -0.39 is 0 Å². The summed E-state index contributed by atoms with van der Waals surface area (Å²) in [5.41, 5.74) is 3.83. The highest BCUT2D eigenvalue weighted by atomic mass is 19.1. The van der Waals surface area contributed by atoms with Crippen molar-refractivity contribution in [3.8, 4) is 0 Å². The highest BCUT2D eigenvalue weighted by molar-refractivity contribution is 5.81. The van der Waals surface area contributed by atoms with Crippen LogP contribution < -0.4 is 10.6 Å². The first-order chi connectivity index (χ1) is 10.6. The summed E-state index contributed by atoms with van der Waals surface area (Å²) in [6.45, 7) is 4.65. The highest BCUT2D eigenvalue weighted by Crippen LogP contribution is 2.15. The van der Waals surface area contributed by atoms with Crippen molar-refractivity contribution >= 4 is 11.6 Å². The summed E-state index contributed by atoms with van der Waals surface area (Å²) in [6, 6.07) is 12.7. The van der Waals surface area contributed by atoms with Crippen molar-refractivity contribution in [3.63, 3.8) is 0 Å². The van der Waals surface area contributed by atoms with Crippen molar-refractivity contribution in [2.75, 3.05) is 18.4 Å². The quantitative estimate of drug-likeness (QED) is 0.860. The summed E-state index contributed by atoms with van der Waals surface area (Å²) in [4.78, 5) is 11.8. The number of halogens is 1. The molecule has 22 heavy (non-hydrogen) atoms. The number of carbonyl (C=O) groups is 1. The van der Waals surface area contributed by atoms with E-state index in [2.05, 4.69) is 10.6 Å². The first-order valence-electron chi connectivity index (χ1n) is 7.37. The van der Waals surface area contributed by atoms with Gasteiger partial charge in [-0.25, -0.2) is 4.39 Å². The van der Waals surface area contributed by atoms with Gasteiger partial charge in [-0.05, 0) is 49.1 Å². The Balaban J connectivity index is 1.76. The van der Waals surface area contributed by atoms with Crippen LogP contribution in [0.4, 0.5) is 10.1 Å². The minimum atomic E-state index is -0.231. The lowest BCUT2D eigenvalue weighted by Gasteiger charge is -2.11. The Hall–Kier alpha value is -2.36. The van der Waals surface area contributed by atoms with E-state index >= 15 is 0 Å². The molecule has 2 N–H and O–H groups in total. The largest absolute Gasteiger partial charge is 0.376 e. The Morgan fingerprint density at radius 1 is 1.14 bits per heavy atom. The summed E-state index contributed by atoms with van der Waals surface area (Å²) >= 11 is 0. The normalized spacial score (nSPS) is 10.3. The van der Waals surface area contributed by atoms with Crippen molar-refractivity contribution in [2.24, 2.45) is 0 Å². The molecule has 2 rings (SSSR count). The van der Waals surface area contributed by atoms with Gasteiger partial charge in [-0.3, -0.25) is 4.79 Å². The lowest BCUT2D eigenvalue weighted by atomic mass is 10.1. The van der Waals surface area contributed by atoms with E-state index in [0.717, 1.165) is 16.8 Å². The molecule has 116 valence electrons. The number of hydrogen-bond donors (Lipinski definition) is 2. The Kier molecular flexibility index (Phi) is 5.53. The van der Waals surface area contributed by atoms with E-state index in [4.69, 9.17) is 0 Å². The number of aryl methyl sites for hydroxylation is 2. The third-order valence-corrected chi connectivity index (χ3v) is 3.51. The molecule has 1 amide bonds. The molecule has 2 aromatic carbocycles. The van der Waals surface area contributed by atoms with Gasteiger partial charge in [0.15, 0.2) is 0 Å². The third kappa shape index (κ3) is 4.58. The maximum absolute atomic E-state index is 13.4. The van der Waals surface area contributed by atoms with Crippen molar-refractivity contribution in [1.82, 2.24) is 5.32 Å². The number of anilines is 1. The fourth-order valence-electron chi connectivity index (χ4n) is 2.20. The van der Waals surface area contributed by atoms with Gasteiger partial charge in [0.1, 0.15) is 5.82 Å². The molecule has 0 aliphatic rings. The third-order valence-electron chi connectivity index (χ3n) is 3.51. The van der Waals surface area contributed by atoms with Crippen LogP contribution in [0.3, 0.4) is 0 Å². The summed E-state index contributed by atoms with van der Waals surface area (Å²) in [5.74, 6) is -0.331. The Morgan fingerprint density at radius 3 is 2.68 bits per heavy atom. The fourth-order valence-corrected chi connectivity index (χ4v) is 2.20. The van der Waals surface area contributed by atoms with Gasteiger partial charge in [0, 0.05) is 12.2 Å². The molecule has 0 heterocycles. The van der Waals surface area contributed by atoms with Crippen LogP contribution in [0.5, 0.6) is 0 Å². The standard InChI is InChI=1S/C18H21FN2O/c1-13-7-8-14(2)17(11-13)21-12-18(22)20-10-9-15-5-3-4-6-16(15)19/h3-8,11,21H,9-10,12H2,1-2H3,(H,20,22). The molecule has 0 unspecified atom stereocenters. The molecule has 3 nitrogen and oxygen atoms in total. The zero-order chi connectivity index (χ0) is 15.9. The van der Waals surface area contributed by atoms with Gasteiger partial charge >= 0.3 is 0 Å². The van der Waals surface area contributed by atoms with Crippen LogP contribution in [-0.4, -0.2) is 19.0 Å². The molecular formula is C18H21FN2O. The topological polar surface area (TPSA) is 41.1 Å². The Morgan fingerprint density at radius 2 is 1.91 bits per heavy atom. The summed E-state index contributed by atoms with van der Waals surface area (Å²) < 4.78 is 13.4.